The van der Waals surface area contributed by atoms with Crippen LogP contribution in [-0.4, -0.2) is 67.1 Å². The van der Waals surface area contributed by atoms with Crippen molar-refractivity contribution in [3.63, 3.8) is 0 Å². The van der Waals surface area contributed by atoms with Crippen LogP contribution in [0.3, 0.4) is 0 Å². The van der Waals surface area contributed by atoms with E-state index in [1.807, 2.05) is 0 Å². The molecule has 2 fully saturated rings. The van der Waals surface area contributed by atoms with E-state index in [1.165, 1.54) is 0 Å². The van der Waals surface area contributed by atoms with Crippen molar-refractivity contribution in [1.82, 2.24) is 9.97 Å². The Morgan fingerprint density at radius 1 is 1.21 bits per heavy atom. The molecule has 3 aliphatic rings. The monoisotopic (exact) mass is 468 g/mol. The number of rotatable bonds is 7. The lowest BCUT2D eigenvalue weighted by molar-refractivity contribution is -0.165. The second kappa shape index (κ2) is 9.82. The Morgan fingerprint density at radius 3 is 2.94 bits per heavy atom. The molecule has 3 aliphatic heterocycles. The summed E-state index contributed by atoms with van der Waals surface area (Å²) in [6, 6.07) is 6.33. The average Bonchev–Trinajstić information content (AvgIpc) is 3.26. The van der Waals surface area contributed by atoms with Crippen LogP contribution in [0.5, 0.6) is 5.75 Å². The molecule has 2 unspecified atom stereocenters. The third-order valence-electron chi connectivity index (χ3n) is 6.18. The Labute approximate surface area is 197 Å². The molecule has 5 heterocycles. The molecular formula is C23H28N6O5. The molecule has 0 radical (unpaired) electrons. The van der Waals surface area contributed by atoms with E-state index in [-0.39, 0.29) is 24.1 Å². The average molecular weight is 469 g/mol. The van der Waals surface area contributed by atoms with Crippen molar-refractivity contribution in [2.24, 2.45) is 5.73 Å². The second-order valence-corrected chi connectivity index (χ2v) is 8.48. The fourth-order valence-corrected chi connectivity index (χ4v) is 4.53. The maximum absolute atomic E-state index is 13.3. The van der Waals surface area contributed by atoms with Crippen LogP contribution >= 0.6 is 0 Å². The number of aromatic nitrogens is 2. The predicted octanol–water partition coefficient (Wildman–Crippen LogP) is 2.13. The van der Waals surface area contributed by atoms with Crippen LogP contribution in [0.2, 0.25) is 0 Å². The molecule has 0 aliphatic carbocycles. The number of nitrogens with two attached hydrogens (primary N) is 1. The fraction of sp³-hybridized carbons (Fsp3) is 0.478. The van der Waals surface area contributed by atoms with E-state index in [0.29, 0.717) is 37.1 Å². The van der Waals surface area contributed by atoms with Gasteiger partial charge in [0.1, 0.15) is 23.9 Å². The van der Waals surface area contributed by atoms with Gasteiger partial charge < -0.3 is 24.8 Å². The van der Waals surface area contributed by atoms with Gasteiger partial charge in [-0.15, -0.1) is 0 Å². The fourth-order valence-electron chi connectivity index (χ4n) is 4.53. The number of primary amides is 1. The highest BCUT2D eigenvalue weighted by molar-refractivity contribution is 6.04. The van der Waals surface area contributed by atoms with Crippen molar-refractivity contribution >= 4 is 29.3 Å². The van der Waals surface area contributed by atoms with E-state index in [0.717, 1.165) is 44.5 Å². The number of nitrogens with one attached hydrogen (secondary N) is 1. The van der Waals surface area contributed by atoms with E-state index in [9.17, 15) is 9.59 Å². The molecule has 5 rings (SSSR count). The molecule has 34 heavy (non-hydrogen) atoms. The molecule has 2 atom stereocenters. The number of carbonyl (C=O) groups is 2. The number of fused-ring (bicyclic) bond motifs is 4. The molecule has 0 saturated carbocycles. The van der Waals surface area contributed by atoms with Gasteiger partial charge in [-0.05, 0) is 43.9 Å². The highest BCUT2D eigenvalue weighted by atomic mass is 16.7. The van der Waals surface area contributed by atoms with E-state index in [2.05, 4.69) is 20.2 Å². The maximum Gasteiger partial charge on any atom is 0.329 e. The van der Waals surface area contributed by atoms with Gasteiger partial charge >= 0.3 is 6.03 Å². The van der Waals surface area contributed by atoms with Gasteiger partial charge in [0, 0.05) is 32.0 Å². The first-order chi connectivity index (χ1) is 16.6. The zero-order valence-electron chi connectivity index (χ0n) is 18.8. The van der Waals surface area contributed by atoms with Crippen molar-refractivity contribution < 1.29 is 23.8 Å². The first kappa shape index (κ1) is 22.4. The summed E-state index contributed by atoms with van der Waals surface area (Å²) in [6.07, 6.45) is 5.30. The van der Waals surface area contributed by atoms with Gasteiger partial charge in [0.05, 0.1) is 18.3 Å². The molecular weight excluding hydrogens is 440 g/mol. The summed E-state index contributed by atoms with van der Waals surface area (Å²) >= 11 is 0. The number of amides is 3. The van der Waals surface area contributed by atoms with Crippen molar-refractivity contribution in [3.05, 3.63) is 36.2 Å². The molecule has 3 amide bonds. The van der Waals surface area contributed by atoms with E-state index in [4.69, 9.17) is 19.9 Å². The minimum Gasteiger partial charge on any atom is -0.491 e. The molecule has 0 aromatic carbocycles. The summed E-state index contributed by atoms with van der Waals surface area (Å²) in [5.74, 6) is 0.712. The number of hydrogen-bond acceptors (Lipinski definition) is 8. The largest absolute Gasteiger partial charge is 0.491 e. The van der Waals surface area contributed by atoms with Crippen molar-refractivity contribution in [2.75, 3.05) is 48.0 Å². The zero-order chi connectivity index (χ0) is 23.5. The van der Waals surface area contributed by atoms with Gasteiger partial charge in [-0.3, -0.25) is 15.0 Å². The molecule has 11 heteroatoms. The van der Waals surface area contributed by atoms with Gasteiger partial charge in [-0.25, -0.2) is 14.8 Å². The highest BCUT2D eigenvalue weighted by Gasteiger charge is 2.40. The topological polar surface area (TPSA) is 132 Å². The molecule has 2 saturated heterocycles. The molecule has 0 spiro atoms. The van der Waals surface area contributed by atoms with Crippen LogP contribution in [0.1, 0.15) is 36.2 Å². The van der Waals surface area contributed by atoms with Gasteiger partial charge in [-0.1, -0.05) is 0 Å². The lowest BCUT2D eigenvalue weighted by Gasteiger charge is -2.35. The number of nitrogens with zero attached hydrogens (tertiary/aromatic N) is 4. The Kier molecular flexibility index (Phi) is 6.45. The third-order valence-corrected chi connectivity index (χ3v) is 6.18. The summed E-state index contributed by atoms with van der Waals surface area (Å²) in [5, 5.41) is 2.84. The number of urea groups is 1. The minimum atomic E-state index is -0.637. The van der Waals surface area contributed by atoms with Crippen molar-refractivity contribution in [1.29, 1.82) is 0 Å². The van der Waals surface area contributed by atoms with Crippen LogP contribution in [0.4, 0.5) is 22.1 Å². The summed E-state index contributed by atoms with van der Waals surface area (Å²) in [5.41, 5.74) is 6.34. The van der Waals surface area contributed by atoms with Gasteiger partial charge in [0.15, 0.2) is 12.1 Å². The normalized spacial score (nSPS) is 21.2. The van der Waals surface area contributed by atoms with Crippen LogP contribution < -0.4 is 25.6 Å². The van der Waals surface area contributed by atoms with Crippen LogP contribution in [0.25, 0.3) is 0 Å². The molecule has 3 N–H and O–H groups in total. The first-order valence-electron chi connectivity index (χ1n) is 11.6. The van der Waals surface area contributed by atoms with Crippen LogP contribution in [0.15, 0.2) is 30.5 Å². The Bertz CT molecular complexity index is 1060. The van der Waals surface area contributed by atoms with Gasteiger partial charge in [0.25, 0.3) is 5.91 Å². The number of carbonyl (C=O) groups excluding carboxylic acids is 2. The van der Waals surface area contributed by atoms with Crippen LogP contribution in [-0.2, 0) is 9.47 Å². The summed E-state index contributed by atoms with van der Waals surface area (Å²) in [6.45, 7) is 3.02. The Hall–Kier alpha value is -3.44. The molecule has 2 bridgehead atoms. The standard InChI is InChI=1S/C23H28N6O5/c24-21(30)17-4-5-18-22(26-17)29(15-7-9-28(18)14-15)23(31)27-19-13-16(6-8-25-19)32-11-12-34-20-3-1-2-10-33-20/h4-6,8,13,15,20H,1-3,7,9-12,14H2,(H2,24,30)(H,25,27,31). The molecule has 2 aromatic rings. The number of hydrogen-bond donors (Lipinski definition) is 2. The molecule has 2 aromatic heterocycles. The summed E-state index contributed by atoms with van der Waals surface area (Å²) in [7, 11) is 0. The third kappa shape index (κ3) is 4.75. The van der Waals surface area contributed by atoms with Crippen LogP contribution in [0, 0.1) is 0 Å². The quantitative estimate of drug-likeness (QED) is 0.591. The lowest BCUT2D eigenvalue weighted by atomic mass is 10.1. The van der Waals surface area contributed by atoms with Gasteiger partial charge in [0.2, 0.25) is 0 Å². The van der Waals surface area contributed by atoms with E-state index in [1.54, 1.807) is 35.4 Å². The number of ether oxygens (including phenoxy) is 3. The minimum absolute atomic E-state index is 0.0540. The van der Waals surface area contributed by atoms with E-state index >= 15 is 0 Å². The number of pyridine rings is 2. The van der Waals surface area contributed by atoms with Crippen molar-refractivity contribution in [3.8, 4) is 5.75 Å². The molecule has 11 nitrogen and oxygen atoms in total. The smallest absolute Gasteiger partial charge is 0.329 e. The lowest BCUT2D eigenvalue weighted by Crippen LogP contribution is -2.48. The second-order valence-electron chi connectivity index (χ2n) is 8.48. The summed E-state index contributed by atoms with van der Waals surface area (Å²) in [4.78, 5) is 37.3. The maximum atomic E-state index is 13.3. The predicted molar refractivity (Wildman–Crippen MR) is 124 cm³/mol. The Balaban J connectivity index is 1.23. The summed E-state index contributed by atoms with van der Waals surface area (Å²) < 4.78 is 17.0. The highest BCUT2D eigenvalue weighted by Crippen LogP contribution is 2.39. The zero-order valence-corrected chi connectivity index (χ0v) is 18.8. The SMILES string of the molecule is NC(=O)c1ccc2c(n1)N(C(=O)Nc1cc(OCCOC3CCCCO3)ccn1)C1CCN2C1. The van der Waals surface area contributed by atoms with E-state index < -0.39 is 5.91 Å². The number of anilines is 3. The Morgan fingerprint density at radius 2 is 2.12 bits per heavy atom. The first-order valence-corrected chi connectivity index (χ1v) is 11.6. The van der Waals surface area contributed by atoms with Gasteiger partial charge in [-0.2, -0.15) is 0 Å². The van der Waals surface area contributed by atoms with Crippen molar-refractivity contribution in [2.45, 2.75) is 38.0 Å². The molecule has 180 valence electrons.